The average molecular weight is 310 g/mol. The number of hydrogen-bond donors (Lipinski definition) is 3. The lowest BCUT2D eigenvalue weighted by atomic mass is 10.0. The Morgan fingerprint density at radius 3 is 2.57 bits per heavy atom. The number of nitrogens with one attached hydrogen (secondary N) is 3. The second-order valence-electron chi connectivity index (χ2n) is 6.52. The Morgan fingerprint density at radius 2 is 1.91 bits per heavy atom. The summed E-state index contributed by atoms with van der Waals surface area (Å²) in [5.74, 6) is 1.35. The fraction of sp³-hybridized carbons (Fsp3) is 0.333. The lowest BCUT2D eigenvalue weighted by Crippen LogP contribution is -2.22. The van der Waals surface area contributed by atoms with Crippen LogP contribution < -0.4 is 16.3 Å². The molecule has 0 aromatic carbocycles. The summed E-state index contributed by atoms with van der Waals surface area (Å²) >= 11 is 0. The Kier molecular flexibility index (Phi) is 3.72. The number of aromatic amines is 3. The summed E-state index contributed by atoms with van der Waals surface area (Å²) in [6.07, 6.45) is 3.69. The second-order valence-corrected chi connectivity index (χ2v) is 6.52. The fourth-order valence-electron chi connectivity index (χ4n) is 2.75. The van der Waals surface area contributed by atoms with E-state index in [0.717, 1.165) is 11.3 Å². The largest absolute Gasteiger partial charge is 0.358 e. The molecule has 0 fully saturated rings. The van der Waals surface area contributed by atoms with Gasteiger partial charge in [0.15, 0.2) is 0 Å². The maximum atomic E-state index is 12.3. The van der Waals surface area contributed by atoms with Crippen LogP contribution in [0.15, 0.2) is 17.1 Å². The molecule has 0 saturated carbocycles. The van der Waals surface area contributed by atoms with Crippen LogP contribution in [0.4, 0.5) is 0 Å². The maximum absolute atomic E-state index is 12.3. The molecule has 23 heavy (non-hydrogen) atoms. The second kappa shape index (κ2) is 5.57. The molecule has 1 aromatic heterocycles. The molecule has 5 nitrogen and oxygen atoms in total. The van der Waals surface area contributed by atoms with Crippen LogP contribution in [-0.4, -0.2) is 19.9 Å². The van der Waals surface area contributed by atoms with Crippen LogP contribution in [0.3, 0.4) is 0 Å². The first-order valence-electron chi connectivity index (χ1n) is 7.87. The van der Waals surface area contributed by atoms with Gasteiger partial charge in [-0.3, -0.25) is 4.79 Å². The van der Waals surface area contributed by atoms with Crippen molar-refractivity contribution in [3.8, 4) is 11.4 Å². The number of rotatable bonds is 3. The van der Waals surface area contributed by atoms with Crippen molar-refractivity contribution in [1.29, 1.82) is 0 Å². The lowest BCUT2D eigenvalue weighted by Gasteiger charge is -2.03. The molecule has 2 aliphatic heterocycles. The van der Waals surface area contributed by atoms with Crippen LogP contribution in [0, 0.1) is 0 Å². The van der Waals surface area contributed by atoms with Crippen molar-refractivity contribution >= 4 is 12.7 Å². The van der Waals surface area contributed by atoms with Gasteiger partial charge in [0.05, 0.1) is 5.22 Å². The van der Waals surface area contributed by atoms with Crippen LogP contribution in [0.5, 0.6) is 0 Å². The summed E-state index contributed by atoms with van der Waals surface area (Å²) in [6.45, 7) is 12.4. The molecule has 0 bridgehead atoms. The molecule has 0 spiro atoms. The Bertz CT molecular complexity index is 971. The third-order valence-electron chi connectivity index (χ3n) is 4.09. The number of fused-ring (bicyclic) bond motifs is 1. The third-order valence-corrected chi connectivity index (χ3v) is 4.09. The first-order chi connectivity index (χ1) is 10.9. The van der Waals surface area contributed by atoms with E-state index in [0.29, 0.717) is 28.4 Å². The van der Waals surface area contributed by atoms with Gasteiger partial charge < -0.3 is 15.0 Å². The number of hydrogen-bond acceptors (Lipinski definition) is 2. The Morgan fingerprint density at radius 1 is 1.17 bits per heavy atom. The van der Waals surface area contributed by atoms with Crippen LogP contribution >= 0.6 is 0 Å². The van der Waals surface area contributed by atoms with Crippen molar-refractivity contribution < 1.29 is 0 Å². The van der Waals surface area contributed by atoms with Crippen LogP contribution in [-0.2, 0) is 0 Å². The minimum atomic E-state index is -0.137. The quantitative estimate of drug-likeness (QED) is 0.692. The van der Waals surface area contributed by atoms with Crippen molar-refractivity contribution in [2.24, 2.45) is 0 Å². The summed E-state index contributed by atoms with van der Waals surface area (Å²) in [5, 5.41) is 0.614. The summed E-state index contributed by atoms with van der Waals surface area (Å²) in [4.78, 5) is 25.7. The van der Waals surface area contributed by atoms with E-state index in [9.17, 15) is 4.79 Å². The van der Waals surface area contributed by atoms with Gasteiger partial charge in [-0.2, -0.15) is 0 Å². The zero-order chi connectivity index (χ0) is 16.7. The van der Waals surface area contributed by atoms with Crippen molar-refractivity contribution in [3.63, 3.8) is 0 Å². The van der Waals surface area contributed by atoms with Crippen molar-refractivity contribution in [2.75, 3.05) is 0 Å². The molecule has 0 atom stereocenters. The molecule has 0 radical (unpaired) electrons. The predicted octanol–water partition coefficient (Wildman–Crippen LogP) is 2.02. The standard InChI is InChI=1S/C18H22N4O/c1-9(2)12-6-15(10(3)4)21-16(12)7-13-14-8-19-11(5)20-17(14)22-18(13)23/h6-10,19,21H,5H2,1-4H3,(H,20,22,23). The third kappa shape index (κ3) is 2.74. The number of aromatic nitrogens is 4. The molecular weight excluding hydrogens is 288 g/mol. The molecule has 3 heterocycles. The molecule has 1 aromatic rings. The smallest absolute Gasteiger partial charge is 0.257 e. The summed E-state index contributed by atoms with van der Waals surface area (Å²) in [5.41, 5.74) is 4.54. The highest BCUT2D eigenvalue weighted by molar-refractivity contribution is 5.63. The lowest BCUT2D eigenvalue weighted by molar-refractivity contribution is 0.830. The van der Waals surface area contributed by atoms with Crippen LogP contribution in [0.25, 0.3) is 24.0 Å². The van der Waals surface area contributed by atoms with E-state index in [1.54, 1.807) is 6.20 Å². The SMILES string of the molecule is C=c1nc2[nH]c(=O)c(=Cc3[nH]c(C(C)C)cc3C(C)C)c-2c[nH]1. The maximum Gasteiger partial charge on any atom is 0.257 e. The van der Waals surface area contributed by atoms with Crippen molar-refractivity contribution in [3.05, 3.63) is 50.3 Å². The van der Waals surface area contributed by atoms with E-state index in [1.165, 1.54) is 11.3 Å². The molecule has 0 aliphatic carbocycles. The predicted molar refractivity (Wildman–Crippen MR) is 93.1 cm³/mol. The zero-order valence-electron chi connectivity index (χ0n) is 13.9. The average Bonchev–Trinajstić information content (AvgIpc) is 3.01. The summed E-state index contributed by atoms with van der Waals surface area (Å²) in [7, 11) is 0. The van der Waals surface area contributed by atoms with Gasteiger partial charge in [0, 0.05) is 23.1 Å². The van der Waals surface area contributed by atoms with Crippen LogP contribution in [0.2, 0.25) is 0 Å². The molecule has 0 amide bonds. The van der Waals surface area contributed by atoms with Gasteiger partial charge in [0.25, 0.3) is 5.56 Å². The minimum absolute atomic E-state index is 0.137. The van der Waals surface area contributed by atoms with E-state index >= 15 is 0 Å². The molecule has 5 heteroatoms. The monoisotopic (exact) mass is 310 g/mol. The molecular formula is C18H22N4O. The molecule has 0 unspecified atom stereocenters. The Balaban J connectivity index is 2.25. The highest BCUT2D eigenvalue weighted by atomic mass is 16.1. The van der Waals surface area contributed by atoms with Gasteiger partial charge >= 0.3 is 0 Å². The van der Waals surface area contributed by atoms with E-state index in [-0.39, 0.29) is 5.56 Å². The number of H-pyrrole nitrogens is 3. The van der Waals surface area contributed by atoms with Gasteiger partial charge in [-0.15, -0.1) is 0 Å². The van der Waals surface area contributed by atoms with Gasteiger partial charge in [-0.1, -0.05) is 34.3 Å². The fourth-order valence-corrected chi connectivity index (χ4v) is 2.75. The number of nitrogens with zero attached hydrogens (tertiary/aromatic N) is 1. The molecule has 0 saturated heterocycles. The Hall–Kier alpha value is -2.56. The van der Waals surface area contributed by atoms with E-state index in [1.807, 2.05) is 6.08 Å². The van der Waals surface area contributed by atoms with Gasteiger partial charge in [0.2, 0.25) is 0 Å². The first-order valence-corrected chi connectivity index (χ1v) is 7.87. The Labute approximate surface area is 134 Å². The van der Waals surface area contributed by atoms with Gasteiger partial charge in [0.1, 0.15) is 11.3 Å². The zero-order valence-corrected chi connectivity index (χ0v) is 13.9. The summed E-state index contributed by atoms with van der Waals surface area (Å²) in [6, 6.07) is 2.19. The molecule has 3 N–H and O–H groups in total. The molecule has 3 rings (SSSR count). The van der Waals surface area contributed by atoms with Crippen molar-refractivity contribution in [2.45, 2.75) is 39.5 Å². The molecule has 2 aliphatic rings. The van der Waals surface area contributed by atoms with Gasteiger partial charge in [-0.05, 0) is 29.5 Å². The van der Waals surface area contributed by atoms with Crippen molar-refractivity contribution in [1.82, 2.24) is 19.9 Å². The van der Waals surface area contributed by atoms with Crippen LogP contribution in [0.1, 0.15) is 56.5 Å². The highest BCUT2D eigenvalue weighted by Crippen LogP contribution is 2.25. The van der Waals surface area contributed by atoms with Gasteiger partial charge in [-0.25, -0.2) is 4.98 Å². The van der Waals surface area contributed by atoms with E-state index in [4.69, 9.17) is 0 Å². The minimum Gasteiger partial charge on any atom is -0.358 e. The van der Waals surface area contributed by atoms with E-state index in [2.05, 4.69) is 60.3 Å². The topological polar surface area (TPSA) is 77.3 Å². The normalized spacial score (nSPS) is 12.9. The highest BCUT2D eigenvalue weighted by Gasteiger charge is 2.15. The molecule has 120 valence electrons. The van der Waals surface area contributed by atoms with E-state index < -0.39 is 0 Å². The summed E-state index contributed by atoms with van der Waals surface area (Å²) < 4.78 is 0. The first kappa shape index (κ1) is 15.3.